The zero-order valence-electron chi connectivity index (χ0n) is 10.0. The zero-order chi connectivity index (χ0) is 13.0. The van der Waals surface area contributed by atoms with E-state index in [0.29, 0.717) is 16.5 Å². The first kappa shape index (κ1) is 13.8. The number of nitrogens with one attached hydrogen (secondary N) is 2. The van der Waals surface area contributed by atoms with E-state index in [1.165, 1.54) is 0 Å². The predicted molar refractivity (Wildman–Crippen MR) is 77.1 cm³/mol. The van der Waals surface area contributed by atoms with E-state index in [4.69, 9.17) is 11.6 Å². The van der Waals surface area contributed by atoms with Crippen LogP contribution in [-0.4, -0.2) is 25.5 Å². The Bertz CT molecular complexity index is 433. The van der Waals surface area contributed by atoms with Gasteiger partial charge in [-0.25, -0.2) is 0 Å². The summed E-state index contributed by atoms with van der Waals surface area (Å²) in [4.78, 5) is 12.0. The normalized spacial score (nSPS) is 16.6. The summed E-state index contributed by atoms with van der Waals surface area (Å²) < 4.78 is 0.749. The Labute approximate surface area is 120 Å². The summed E-state index contributed by atoms with van der Waals surface area (Å²) >= 11 is 9.22. The van der Waals surface area contributed by atoms with Crippen LogP contribution in [0.3, 0.4) is 0 Å². The van der Waals surface area contributed by atoms with Crippen molar-refractivity contribution in [3.05, 3.63) is 33.3 Å². The Hall–Kier alpha value is -0.580. The van der Waals surface area contributed by atoms with Crippen molar-refractivity contribution in [1.29, 1.82) is 0 Å². The summed E-state index contributed by atoms with van der Waals surface area (Å²) in [5, 5.41) is 6.91. The highest BCUT2D eigenvalue weighted by Crippen LogP contribution is 2.23. The van der Waals surface area contributed by atoms with Crippen LogP contribution in [0.25, 0.3) is 0 Å². The van der Waals surface area contributed by atoms with Crippen molar-refractivity contribution in [3.63, 3.8) is 0 Å². The molecule has 0 saturated carbocycles. The fraction of sp³-hybridized carbons (Fsp3) is 0.462. The van der Waals surface area contributed by atoms with Crippen LogP contribution in [0.1, 0.15) is 23.2 Å². The highest BCUT2D eigenvalue weighted by atomic mass is 79.9. The maximum atomic E-state index is 12.0. The van der Waals surface area contributed by atoms with Gasteiger partial charge in [0, 0.05) is 16.6 Å². The summed E-state index contributed by atoms with van der Waals surface area (Å²) in [7, 11) is 0. The first-order valence-corrected chi connectivity index (χ1v) is 7.28. The number of amides is 1. The molecule has 1 aliphatic rings. The number of benzene rings is 1. The number of carbonyl (C=O) groups is 1. The van der Waals surface area contributed by atoms with Crippen molar-refractivity contribution in [3.8, 4) is 0 Å². The molecule has 0 radical (unpaired) electrons. The molecular formula is C13H16BrClN2O. The molecule has 2 N–H and O–H groups in total. The molecule has 1 heterocycles. The topological polar surface area (TPSA) is 41.1 Å². The number of hydrogen-bond donors (Lipinski definition) is 2. The largest absolute Gasteiger partial charge is 0.352 e. The van der Waals surface area contributed by atoms with E-state index in [0.717, 1.165) is 36.9 Å². The molecule has 3 nitrogen and oxygen atoms in total. The van der Waals surface area contributed by atoms with Gasteiger partial charge in [-0.05, 0) is 66.0 Å². The maximum Gasteiger partial charge on any atom is 0.251 e. The van der Waals surface area contributed by atoms with Gasteiger partial charge in [0.05, 0.1) is 5.02 Å². The highest BCUT2D eigenvalue weighted by Gasteiger charge is 2.14. The SMILES string of the molecule is O=C(NCC1CCNCC1)c1ccc(Cl)c(Br)c1. The first-order chi connectivity index (χ1) is 8.66. The number of halogens is 2. The molecule has 0 aliphatic carbocycles. The van der Waals surface area contributed by atoms with E-state index in [-0.39, 0.29) is 5.91 Å². The molecule has 5 heteroatoms. The van der Waals surface area contributed by atoms with Crippen molar-refractivity contribution in [1.82, 2.24) is 10.6 Å². The third-order valence-electron chi connectivity index (χ3n) is 3.19. The lowest BCUT2D eigenvalue weighted by Crippen LogP contribution is -2.35. The zero-order valence-corrected chi connectivity index (χ0v) is 12.4. The van der Waals surface area contributed by atoms with Gasteiger partial charge in [-0.3, -0.25) is 4.79 Å². The molecule has 1 amide bonds. The molecule has 0 atom stereocenters. The van der Waals surface area contributed by atoms with Gasteiger partial charge in [0.25, 0.3) is 5.91 Å². The molecule has 98 valence electrons. The maximum absolute atomic E-state index is 12.0. The summed E-state index contributed by atoms with van der Waals surface area (Å²) in [6, 6.07) is 5.22. The standard InChI is InChI=1S/C13H16BrClN2O/c14-11-7-10(1-2-12(11)15)13(18)17-8-9-3-5-16-6-4-9/h1-2,7,9,16H,3-6,8H2,(H,17,18). The molecule has 1 aromatic rings. The van der Waals surface area contributed by atoms with Crippen LogP contribution < -0.4 is 10.6 Å². The lowest BCUT2D eigenvalue weighted by Gasteiger charge is -2.22. The van der Waals surface area contributed by atoms with Crippen molar-refractivity contribution in [2.75, 3.05) is 19.6 Å². The number of piperidine rings is 1. The second-order valence-electron chi connectivity index (χ2n) is 4.53. The Balaban J connectivity index is 1.88. The Morgan fingerprint density at radius 3 is 2.83 bits per heavy atom. The number of carbonyl (C=O) groups excluding carboxylic acids is 1. The van der Waals surface area contributed by atoms with E-state index in [1.54, 1.807) is 18.2 Å². The lowest BCUT2D eigenvalue weighted by molar-refractivity contribution is 0.0944. The average molecular weight is 332 g/mol. The lowest BCUT2D eigenvalue weighted by atomic mass is 9.98. The van der Waals surface area contributed by atoms with Gasteiger partial charge in [0.1, 0.15) is 0 Å². The molecule has 1 fully saturated rings. The van der Waals surface area contributed by atoms with Gasteiger partial charge >= 0.3 is 0 Å². The quantitative estimate of drug-likeness (QED) is 0.894. The van der Waals surface area contributed by atoms with Crippen LogP contribution in [0, 0.1) is 5.92 Å². The monoisotopic (exact) mass is 330 g/mol. The molecule has 1 saturated heterocycles. The van der Waals surface area contributed by atoms with E-state index in [9.17, 15) is 4.79 Å². The minimum Gasteiger partial charge on any atom is -0.352 e. The van der Waals surface area contributed by atoms with E-state index < -0.39 is 0 Å². The molecule has 0 bridgehead atoms. The van der Waals surface area contributed by atoms with Crippen LogP contribution in [0.2, 0.25) is 5.02 Å². The van der Waals surface area contributed by atoms with Crippen molar-refractivity contribution in [2.24, 2.45) is 5.92 Å². The number of hydrogen-bond acceptors (Lipinski definition) is 2. The predicted octanol–water partition coefficient (Wildman–Crippen LogP) is 2.83. The minimum absolute atomic E-state index is 0.0362. The van der Waals surface area contributed by atoms with Crippen molar-refractivity contribution >= 4 is 33.4 Å². The Morgan fingerprint density at radius 2 is 2.17 bits per heavy atom. The van der Waals surface area contributed by atoms with Gasteiger partial charge in [-0.2, -0.15) is 0 Å². The fourth-order valence-corrected chi connectivity index (χ4v) is 2.56. The van der Waals surface area contributed by atoms with Gasteiger partial charge in [0.2, 0.25) is 0 Å². The summed E-state index contributed by atoms with van der Waals surface area (Å²) in [5.74, 6) is 0.553. The molecule has 0 spiro atoms. The molecule has 2 rings (SSSR count). The summed E-state index contributed by atoms with van der Waals surface area (Å²) in [5.41, 5.74) is 0.639. The van der Waals surface area contributed by atoms with Gasteiger partial charge in [-0.1, -0.05) is 11.6 Å². The molecular weight excluding hydrogens is 316 g/mol. The third kappa shape index (κ3) is 3.70. The summed E-state index contributed by atoms with van der Waals surface area (Å²) in [6.07, 6.45) is 2.26. The smallest absolute Gasteiger partial charge is 0.251 e. The van der Waals surface area contributed by atoms with Crippen LogP contribution in [0.5, 0.6) is 0 Å². The van der Waals surface area contributed by atoms with Crippen molar-refractivity contribution in [2.45, 2.75) is 12.8 Å². The Kier molecular flexibility index (Phi) is 5.03. The fourth-order valence-electron chi connectivity index (χ4n) is 2.06. The molecule has 0 unspecified atom stereocenters. The second-order valence-corrected chi connectivity index (χ2v) is 5.79. The van der Waals surface area contributed by atoms with Gasteiger partial charge in [-0.15, -0.1) is 0 Å². The van der Waals surface area contributed by atoms with Gasteiger partial charge < -0.3 is 10.6 Å². The Morgan fingerprint density at radius 1 is 1.44 bits per heavy atom. The highest BCUT2D eigenvalue weighted by molar-refractivity contribution is 9.10. The van der Waals surface area contributed by atoms with Crippen LogP contribution >= 0.6 is 27.5 Å². The first-order valence-electron chi connectivity index (χ1n) is 6.11. The molecule has 0 aromatic heterocycles. The third-order valence-corrected chi connectivity index (χ3v) is 4.41. The molecule has 1 aromatic carbocycles. The van der Waals surface area contributed by atoms with E-state index >= 15 is 0 Å². The van der Waals surface area contributed by atoms with E-state index in [1.807, 2.05) is 0 Å². The summed E-state index contributed by atoms with van der Waals surface area (Å²) in [6.45, 7) is 2.85. The van der Waals surface area contributed by atoms with Gasteiger partial charge in [0.15, 0.2) is 0 Å². The van der Waals surface area contributed by atoms with Crippen molar-refractivity contribution < 1.29 is 4.79 Å². The van der Waals surface area contributed by atoms with Crippen LogP contribution in [0.4, 0.5) is 0 Å². The molecule has 18 heavy (non-hydrogen) atoms. The van der Waals surface area contributed by atoms with E-state index in [2.05, 4.69) is 26.6 Å². The van der Waals surface area contributed by atoms with Crippen LogP contribution in [-0.2, 0) is 0 Å². The number of rotatable bonds is 3. The second kappa shape index (κ2) is 6.55. The average Bonchev–Trinajstić information content (AvgIpc) is 2.40. The molecule has 1 aliphatic heterocycles. The minimum atomic E-state index is -0.0362. The van der Waals surface area contributed by atoms with Crippen LogP contribution in [0.15, 0.2) is 22.7 Å².